The number of benzene rings is 1. The fourth-order valence-electron chi connectivity index (χ4n) is 1.98. The summed E-state index contributed by atoms with van der Waals surface area (Å²) in [5.74, 6) is 1.24. The van der Waals surface area contributed by atoms with E-state index in [1.807, 2.05) is 24.3 Å². The highest BCUT2D eigenvalue weighted by Gasteiger charge is 2.19. The molecular formula is C17H24NO6+. The molecule has 0 spiro atoms. The summed E-state index contributed by atoms with van der Waals surface area (Å²) in [6.45, 7) is 9.30. The lowest BCUT2D eigenvalue weighted by Crippen LogP contribution is -2.21. The van der Waals surface area contributed by atoms with Crippen molar-refractivity contribution >= 4 is 0 Å². The van der Waals surface area contributed by atoms with Gasteiger partial charge < -0.3 is 28.4 Å². The van der Waals surface area contributed by atoms with E-state index in [9.17, 15) is 0 Å². The standard InChI is InChI=1S/C17H24NO6/c1-18-17-14-24-16-5-3-2-4-15(16)22-12-10-20-8-6-19-7-9-21-11-13-23-17/h1-5,17H,6-14H2/q+1. The van der Waals surface area contributed by atoms with E-state index >= 15 is 0 Å². The van der Waals surface area contributed by atoms with Crippen molar-refractivity contribution in [1.82, 2.24) is 0 Å². The number of hydrogen-bond donors (Lipinski definition) is 0. The van der Waals surface area contributed by atoms with Crippen molar-refractivity contribution in [2.75, 3.05) is 59.5 Å². The molecule has 2 rings (SSSR count). The minimum absolute atomic E-state index is 0.191. The Bertz CT molecular complexity index is 504. The van der Waals surface area contributed by atoms with Crippen molar-refractivity contribution in [3.05, 3.63) is 29.1 Å². The lowest BCUT2D eigenvalue weighted by Gasteiger charge is -2.13. The first-order valence-electron chi connectivity index (χ1n) is 7.99. The first-order chi connectivity index (χ1) is 11.9. The maximum Gasteiger partial charge on any atom is 0.410 e. The van der Waals surface area contributed by atoms with Crippen LogP contribution in [0.2, 0.25) is 0 Å². The van der Waals surface area contributed by atoms with Crippen molar-refractivity contribution in [3.63, 3.8) is 0 Å². The highest BCUT2D eigenvalue weighted by Crippen LogP contribution is 2.26. The highest BCUT2D eigenvalue weighted by molar-refractivity contribution is 5.39. The lowest BCUT2D eigenvalue weighted by atomic mass is 10.3. The normalized spacial score (nSPS) is 21.9. The summed E-state index contributed by atoms with van der Waals surface area (Å²) in [6.07, 6.45) is -0.569. The van der Waals surface area contributed by atoms with Crippen molar-refractivity contribution in [1.29, 1.82) is 0 Å². The fourth-order valence-corrected chi connectivity index (χ4v) is 1.98. The zero-order valence-corrected chi connectivity index (χ0v) is 13.7. The number of nitrogens with zero attached hydrogens (tertiary/aromatic N) is 1. The Balaban J connectivity index is 1.90. The molecule has 7 nitrogen and oxygen atoms in total. The van der Waals surface area contributed by atoms with Crippen molar-refractivity contribution < 1.29 is 28.4 Å². The Morgan fingerprint density at radius 2 is 1.29 bits per heavy atom. The Kier molecular flexibility index (Phi) is 8.97. The first-order valence-corrected chi connectivity index (χ1v) is 7.99. The number of hydrogen-bond acceptors (Lipinski definition) is 6. The highest BCUT2D eigenvalue weighted by atomic mass is 16.6. The van der Waals surface area contributed by atoms with Gasteiger partial charge in [0.1, 0.15) is 6.61 Å². The van der Waals surface area contributed by atoms with E-state index < -0.39 is 6.23 Å². The molecule has 0 amide bonds. The van der Waals surface area contributed by atoms with Gasteiger partial charge in [0.25, 0.3) is 6.57 Å². The van der Waals surface area contributed by atoms with Gasteiger partial charge in [0.15, 0.2) is 18.1 Å². The van der Waals surface area contributed by atoms with Gasteiger partial charge in [0.05, 0.1) is 46.2 Å². The van der Waals surface area contributed by atoms with Gasteiger partial charge in [0, 0.05) is 0 Å². The summed E-state index contributed by atoms with van der Waals surface area (Å²) in [5.41, 5.74) is 0. The molecule has 1 atom stereocenters. The summed E-state index contributed by atoms with van der Waals surface area (Å²) in [7, 11) is 0. The molecule has 1 aliphatic rings. The van der Waals surface area contributed by atoms with Crippen LogP contribution in [0.25, 0.3) is 4.85 Å². The third-order valence-electron chi connectivity index (χ3n) is 3.16. The van der Waals surface area contributed by atoms with Crippen molar-refractivity contribution in [3.8, 4) is 18.1 Å². The van der Waals surface area contributed by atoms with E-state index in [1.54, 1.807) is 0 Å². The molecule has 0 saturated heterocycles. The Morgan fingerprint density at radius 1 is 0.750 bits per heavy atom. The number of rotatable bonds is 0. The van der Waals surface area contributed by atoms with Crippen LogP contribution in [0.15, 0.2) is 24.3 Å². The molecule has 0 saturated carbocycles. The second kappa shape index (κ2) is 11.6. The molecule has 0 aliphatic carbocycles. The van der Waals surface area contributed by atoms with Crippen LogP contribution in [0.5, 0.6) is 11.5 Å². The second-order valence-corrected chi connectivity index (χ2v) is 4.92. The number of fused-ring (bicyclic) bond motifs is 1. The van der Waals surface area contributed by atoms with Gasteiger partial charge in [-0.25, -0.2) is 0 Å². The van der Waals surface area contributed by atoms with Gasteiger partial charge in [-0.1, -0.05) is 12.1 Å². The third-order valence-corrected chi connectivity index (χ3v) is 3.16. The van der Waals surface area contributed by atoms with Gasteiger partial charge >= 0.3 is 6.23 Å². The van der Waals surface area contributed by atoms with E-state index in [0.29, 0.717) is 64.4 Å². The Labute approximate surface area is 142 Å². The first kappa shape index (κ1) is 18.5. The zero-order chi connectivity index (χ0) is 16.9. The van der Waals surface area contributed by atoms with Crippen LogP contribution in [0.4, 0.5) is 0 Å². The molecule has 7 heteroatoms. The van der Waals surface area contributed by atoms with Crippen LogP contribution < -0.4 is 9.47 Å². The molecule has 1 unspecified atom stereocenters. The van der Waals surface area contributed by atoms with Crippen LogP contribution in [0.1, 0.15) is 0 Å². The van der Waals surface area contributed by atoms with E-state index in [2.05, 4.69) is 4.85 Å². The van der Waals surface area contributed by atoms with E-state index in [4.69, 9.17) is 35.0 Å². The molecule has 0 N–H and O–H groups in total. The van der Waals surface area contributed by atoms with Crippen LogP contribution in [0, 0.1) is 6.57 Å². The van der Waals surface area contributed by atoms with Crippen LogP contribution in [-0.4, -0.2) is 65.7 Å². The zero-order valence-electron chi connectivity index (χ0n) is 13.7. The largest absolute Gasteiger partial charge is 0.487 e. The maximum atomic E-state index is 5.71. The fraction of sp³-hybridized carbons (Fsp3) is 0.588. The maximum absolute atomic E-state index is 5.71. The van der Waals surface area contributed by atoms with Gasteiger partial charge in [-0.3, -0.25) is 0 Å². The molecule has 1 aromatic rings. The Morgan fingerprint density at radius 3 is 1.92 bits per heavy atom. The van der Waals surface area contributed by atoms with Crippen molar-refractivity contribution in [2.24, 2.45) is 0 Å². The topological polar surface area (TPSA) is 59.7 Å². The lowest BCUT2D eigenvalue weighted by molar-refractivity contribution is -0.0204. The minimum atomic E-state index is -0.569. The average Bonchev–Trinajstić information content (AvgIpc) is 2.61. The molecule has 0 bridgehead atoms. The Hall–Kier alpha value is -1.85. The van der Waals surface area contributed by atoms with E-state index in [1.165, 1.54) is 0 Å². The quantitative estimate of drug-likeness (QED) is 0.719. The monoisotopic (exact) mass is 338 g/mol. The summed E-state index contributed by atoms with van der Waals surface area (Å²) in [4.78, 5) is 3.66. The van der Waals surface area contributed by atoms with Crippen LogP contribution in [0.3, 0.4) is 0 Å². The summed E-state index contributed by atoms with van der Waals surface area (Å²) in [6, 6.07) is 7.39. The molecule has 1 aromatic carbocycles. The second-order valence-electron chi connectivity index (χ2n) is 4.92. The molecule has 0 fully saturated rings. The average molecular weight is 338 g/mol. The molecule has 132 valence electrons. The number of para-hydroxylation sites is 2. The number of ether oxygens (including phenoxy) is 6. The molecule has 1 aliphatic heterocycles. The predicted molar refractivity (Wildman–Crippen MR) is 87.9 cm³/mol. The van der Waals surface area contributed by atoms with Crippen LogP contribution >= 0.6 is 0 Å². The molecule has 24 heavy (non-hydrogen) atoms. The molecule has 0 aromatic heterocycles. The predicted octanol–water partition coefficient (Wildman–Crippen LogP) is 1.81. The van der Waals surface area contributed by atoms with Gasteiger partial charge in [-0.15, -0.1) is 0 Å². The van der Waals surface area contributed by atoms with E-state index in [-0.39, 0.29) is 6.61 Å². The minimum Gasteiger partial charge on any atom is -0.487 e. The van der Waals surface area contributed by atoms with Gasteiger partial charge in [0.2, 0.25) is 0 Å². The summed E-state index contributed by atoms with van der Waals surface area (Å²) in [5, 5.41) is 0. The van der Waals surface area contributed by atoms with Crippen molar-refractivity contribution in [2.45, 2.75) is 6.23 Å². The molecule has 0 radical (unpaired) electrons. The van der Waals surface area contributed by atoms with Gasteiger partial charge in [-0.05, 0) is 17.0 Å². The smallest absolute Gasteiger partial charge is 0.410 e. The molecule has 1 heterocycles. The summed E-state index contributed by atoms with van der Waals surface area (Å²) < 4.78 is 33.1. The van der Waals surface area contributed by atoms with Crippen LogP contribution in [-0.2, 0) is 18.9 Å². The molecular weight excluding hydrogens is 314 g/mol. The van der Waals surface area contributed by atoms with E-state index in [0.717, 1.165) is 0 Å². The summed E-state index contributed by atoms with van der Waals surface area (Å²) >= 11 is 0. The third kappa shape index (κ3) is 7.15. The van der Waals surface area contributed by atoms with Gasteiger partial charge in [-0.2, -0.15) is 0 Å². The SMILES string of the molecule is C#[N+]C1COc2ccccc2OCCOCCOCCOCCO1.